The summed E-state index contributed by atoms with van der Waals surface area (Å²) in [5.74, 6) is -1.88. The zero-order valence-electron chi connectivity index (χ0n) is 14.5. The van der Waals surface area contributed by atoms with Gasteiger partial charge in [0.25, 0.3) is 5.91 Å². The predicted octanol–water partition coefficient (Wildman–Crippen LogP) is 2.91. The number of carboxylic acid groups (broad SMARTS) is 1. The third kappa shape index (κ3) is 3.57. The van der Waals surface area contributed by atoms with E-state index in [1.54, 1.807) is 17.0 Å². The molecule has 1 unspecified atom stereocenters. The van der Waals surface area contributed by atoms with Gasteiger partial charge in [-0.1, -0.05) is 12.1 Å². The number of amides is 1. The van der Waals surface area contributed by atoms with Gasteiger partial charge in [-0.3, -0.25) is 4.79 Å². The second-order valence-electron chi connectivity index (χ2n) is 6.82. The number of nitrogens with zero attached hydrogens (tertiary/aromatic N) is 2. The van der Waals surface area contributed by atoms with E-state index in [0.717, 1.165) is 0 Å². The number of carboxylic acids is 1. The second kappa shape index (κ2) is 6.84. The maximum Gasteiger partial charge on any atom is 0.354 e. The molecule has 0 spiro atoms. The van der Waals surface area contributed by atoms with Crippen LogP contribution in [0.4, 0.5) is 4.39 Å². The van der Waals surface area contributed by atoms with E-state index in [0.29, 0.717) is 5.56 Å². The fourth-order valence-electron chi connectivity index (χ4n) is 2.95. The van der Waals surface area contributed by atoms with E-state index < -0.39 is 17.6 Å². The minimum Gasteiger partial charge on any atom is -0.477 e. The van der Waals surface area contributed by atoms with Crippen molar-refractivity contribution in [1.82, 2.24) is 9.88 Å². The Morgan fingerprint density at radius 2 is 2.08 bits per heavy atom. The molecule has 1 amide bonds. The van der Waals surface area contributed by atoms with Gasteiger partial charge >= 0.3 is 5.97 Å². The van der Waals surface area contributed by atoms with Crippen LogP contribution in [0.3, 0.4) is 0 Å². The standard InChI is InChI=1S/C19H19FN2O4/c1-19(2)11-26-16(12-4-3-5-14(20)8-12)10-22(19)17(23)13-6-7-21-15(9-13)18(24)25/h3-9,16H,10-11H2,1-2H3,(H,24,25). The Bertz CT molecular complexity index is 853. The molecule has 6 nitrogen and oxygen atoms in total. The van der Waals surface area contributed by atoms with Crippen LogP contribution in [-0.4, -0.2) is 45.6 Å². The van der Waals surface area contributed by atoms with Crippen LogP contribution in [0.15, 0.2) is 42.6 Å². The van der Waals surface area contributed by atoms with E-state index in [-0.39, 0.29) is 36.1 Å². The van der Waals surface area contributed by atoms with Crippen molar-refractivity contribution in [2.75, 3.05) is 13.2 Å². The Morgan fingerprint density at radius 1 is 1.31 bits per heavy atom. The Morgan fingerprint density at radius 3 is 2.77 bits per heavy atom. The van der Waals surface area contributed by atoms with Gasteiger partial charge in [0, 0.05) is 11.8 Å². The molecule has 136 valence electrons. The average Bonchev–Trinajstić information content (AvgIpc) is 2.61. The molecule has 3 rings (SSSR count). The van der Waals surface area contributed by atoms with E-state index in [1.165, 1.54) is 30.5 Å². The number of benzene rings is 1. The largest absolute Gasteiger partial charge is 0.477 e. The van der Waals surface area contributed by atoms with Crippen LogP contribution in [0.2, 0.25) is 0 Å². The average molecular weight is 358 g/mol. The van der Waals surface area contributed by atoms with Crippen molar-refractivity contribution in [2.24, 2.45) is 0 Å². The van der Waals surface area contributed by atoms with Gasteiger partial charge in [-0.25, -0.2) is 14.2 Å². The van der Waals surface area contributed by atoms with Gasteiger partial charge in [0.15, 0.2) is 0 Å². The van der Waals surface area contributed by atoms with Crippen molar-refractivity contribution >= 4 is 11.9 Å². The zero-order chi connectivity index (χ0) is 18.9. The van der Waals surface area contributed by atoms with Crippen molar-refractivity contribution in [3.05, 3.63) is 65.2 Å². The molecule has 1 fully saturated rings. The summed E-state index contributed by atoms with van der Waals surface area (Å²) in [5, 5.41) is 9.08. The molecule has 1 N–H and O–H groups in total. The molecule has 26 heavy (non-hydrogen) atoms. The summed E-state index contributed by atoms with van der Waals surface area (Å²) < 4.78 is 19.4. The fourth-order valence-corrected chi connectivity index (χ4v) is 2.95. The Balaban J connectivity index is 1.89. The summed E-state index contributed by atoms with van der Waals surface area (Å²) in [4.78, 5) is 29.5. The Labute approximate surface area is 150 Å². The van der Waals surface area contributed by atoms with Crippen molar-refractivity contribution < 1.29 is 23.8 Å². The lowest BCUT2D eigenvalue weighted by atomic mass is 9.96. The van der Waals surface area contributed by atoms with Crippen molar-refractivity contribution in [3.63, 3.8) is 0 Å². The smallest absolute Gasteiger partial charge is 0.354 e. The fraction of sp³-hybridized carbons (Fsp3) is 0.316. The molecular weight excluding hydrogens is 339 g/mol. The number of hydrogen-bond acceptors (Lipinski definition) is 4. The normalized spacial score (nSPS) is 19.2. The third-order valence-corrected chi connectivity index (χ3v) is 4.41. The van der Waals surface area contributed by atoms with Gasteiger partial charge in [0.05, 0.1) is 18.7 Å². The molecule has 0 bridgehead atoms. The van der Waals surface area contributed by atoms with E-state index in [9.17, 15) is 14.0 Å². The van der Waals surface area contributed by atoms with Gasteiger partial charge in [-0.2, -0.15) is 0 Å². The highest BCUT2D eigenvalue weighted by molar-refractivity contribution is 5.97. The maximum atomic E-state index is 13.5. The highest BCUT2D eigenvalue weighted by Crippen LogP contribution is 2.31. The number of morpholine rings is 1. The van der Waals surface area contributed by atoms with E-state index in [1.807, 2.05) is 13.8 Å². The molecule has 2 heterocycles. The third-order valence-electron chi connectivity index (χ3n) is 4.41. The summed E-state index contributed by atoms with van der Waals surface area (Å²) in [6.45, 7) is 4.24. The Hall–Kier alpha value is -2.80. The number of carbonyl (C=O) groups is 2. The molecule has 0 saturated carbocycles. The topological polar surface area (TPSA) is 79.7 Å². The summed E-state index contributed by atoms with van der Waals surface area (Å²) in [6.07, 6.45) is 0.845. The van der Waals surface area contributed by atoms with Crippen LogP contribution in [0.1, 0.15) is 46.4 Å². The number of ether oxygens (including phenoxy) is 1. The van der Waals surface area contributed by atoms with Crippen molar-refractivity contribution in [3.8, 4) is 0 Å². The first-order chi connectivity index (χ1) is 12.3. The van der Waals surface area contributed by atoms with Gasteiger partial charge < -0.3 is 14.7 Å². The van der Waals surface area contributed by atoms with Crippen molar-refractivity contribution in [2.45, 2.75) is 25.5 Å². The van der Waals surface area contributed by atoms with Crippen LogP contribution >= 0.6 is 0 Å². The number of halogens is 1. The van der Waals surface area contributed by atoms with Gasteiger partial charge in [0.1, 0.15) is 17.6 Å². The summed E-state index contributed by atoms with van der Waals surface area (Å²) in [5.41, 5.74) is 0.112. The monoisotopic (exact) mass is 358 g/mol. The molecule has 2 aromatic rings. The summed E-state index contributed by atoms with van der Waals surface area (Å²) in [6, 6.07) is 8.83. The molecule has 1 aromatic heterocycles. The number of aromatic carboxylic acids is 1. The maximum absolute atomic E-state index is 13.5. The predicted molar refractivity (Wildman–Crippen MR) is 91.4 cm³/mol. The first-order valence-corrected chi connectivity index (χ1v) is 8.16. The number of aromatic nitrogens is 1. The lowest BCUT2D eigenvalue weighted by molar-refractivity contribution is -0.0847. The quantitative estimate of drug-likeness (QED) is 0.913. The second-order valence-corrected chi connectivity index (χ2v) is 6.82. The first kappa shape index (κ1) is 18.0. The lowest BCUT2D eigenvalue weighted by Crippen LogP contribution is -2.56. The van der Waals surface area contributed by atoms with Gasteiger partial charge in [0.2, 0.25) is 0 Å². The summed E-state index contributed by atoms with van der Waals surface area (Å²) in [7, 11) is 0. The van der Waals surface area contributed by atoms with Crippen LogP contribution < -0.4 is 0 Å². The van der Waals surface area contributed by atoms with E-state index in [2.05, 4.69) is 4.98 Å². The van der Waals surface area contributed by atoms with Crippen LogP contribution in [0.5, 0.6) is 0 Å². The molecule has 1 aliphatic rings. The van der Waals surface area contributed by atoms with Gasteiger partial charge in [-0.05, 0) is 43.7 Å². The summed E-state index contributed by atoms with van der Waals surface area (Å²) >= 11 is 0. The number of hydrogen-bond donors (Lipinski definition) is 1. The molecule has 1 atom stereocenters. The molecule has 1 aromatic carbocycles. The molecule has 0 aliphatic carbocycles. The molecular formula is C19H19FN2O4. The molecule has 0 radical (unpaired) electrons. The number of rotatable bonds is 3. The van der Waals surface area contributed by atoms with Crippen molar-refractivity contribution in [1.29, 1.82) is 0 Å². The van der Waals surface area contributed by atoms with E-state index in [4.69, 9.17) is 9.84 Å². The molecule has 7 heteroatoms. The minimum absolute atomic E-state index is 0.191. The number of carbonyl (C=O) groups excluding carboxylic acids is 1. The SMILES string of the molecule is CC1(C)COC(c2cccc(F)c2)CN1C(=O)c1ccnc(C(=O)O)c1. The minimum atomic E-state index is -1.20. The first-order valence-electron chi connectivity index (χ1n) is 8.16. The lowest BCUT2D eigenvalue weighted by Gasteiger charge is -2.45. The highest BCUT2D eigenvalue weighted by Gasteiger charge is 2.39. The number of pyridine rings is 1. The zero-order valence-corrected chi connectivity index (χ0v) is 14.5. The van der Waals surface area contributed by atoms with Crippen LogP contribution in [0, 0.1) is 5.82 Å². The highest BCUT2D eigenvalue weighted by atomic mass is 19.1. The molecule has 1 saturated heterocycles. The van der Waals surface area contributed by atoms with Gasteiger partial charge in [-0.15, -0.1) is 0 Å². The van der Waals surface area contributed by atoms with E-state index >= 15 is 0 Å². The molecule has 1 aliphatic heterocycles. The Kier molecular flexibility index (Phi) is 4.73. The van der Waals surface area contributed by atoms with Crippen LogP contribution in [-0.2, 0) is 4.74 Å². The van der Waals surface area contributed by atoms with Crippen LogP contribution in [0.25, 0.3) is 0 Å².